The molecule has 0 atom stereocenters. The first-order chi connectivity index (χ1) is 10.3. The molecular weight excluding hydrogens is 266 g/mol. The van der Waals surface area contributed by atoms with Crippen LogP contribution in [-0.2, 0) is 6.42 Å². The molecule has 1 aliphatic rings. The van der Waals surface area contributed by atoms with Crippen molar-refractivity contribution in [2.75, 3.05) is 6.61 Å². The number of aryl methyl sites for hydroxylation is 1. The molecule has 0 N–H and O–H groups in total. The Bertz CT molecular complexity index is 898. The Labute approximate surface area is 120 Å². The predicted octanol–water partition coefficient (Wildman–Crippen LogP) is 2.02. The fourth-order valence-electron chi connectivity index (χ4n) is 2.69. The Morgan fingerprint density at radius 2 is 1.90 bits per heavy atom. The fourth-order valence-corrected chi connectivity index (χ4v) is 2.69. The molecule has 0 saturated carbocycles. The summed E-state index contributed by atoms with van der Waals surface area (Å²) in [6, 6.07) is 7.81. The molecule has 104 valence electrons. The van der Waals surface area contributed by atoms with Crippen molar-refractivity contribution in [3.8, 4) is 11.4 Å². The quantitative estimate of drug-likeness (QED) is 0.684. The van der Waals surface area contributed by atoms with Gasteiger partial charge < -0.3 is 4.74 Å². The van der Waals surface area contributed by atoms with Gasteiger partial charge in [-0.2, -0.15) is 0 Å². The molecule has 1 aliphatic heterocycles. The summed E-state index contributed by atoms with van der Waals surface area (Å²) < 4.78 is 7.21. The van der Waals surface area contributed by atoms with Gasteiger partial charge in [-0.1, -0.05) is 17.7 Å². The Kier molecular flexibility index (Phi) is 2.54. The lowest BCUT2D eigenvalue weighted by Crippen LogP contribution is -2.22. The van der Waals surface area contributed by atoms with E-state index in [1.54, 1.807) is 17.0 Å². The van der Waals surface area contributed by atoms with E-state index in [0.29, 0.717) is 35.5 Å². The third-order valence-corrected chi connectivity index (χ3v) is 3.73. The summed E-state index contributed by atoms with van der Waals surface area (Å²) in [4.78, 5) is 21.5. The van der Waals surface area contributed by atoms with Crippen LogP contribution < -0.4 is 10.3 Å². The van der Waals surface area contributed by atoms with Crippen LogP contribution in [0.5, 0.6) is 5.75 Å². The fraction of sp³-hybridized carbons (Fsp3) is 0.188. The normalized spacial score (nSPS) is 13.2. The molecule has 3 aromatic rings. The average Bonchev–Trinajstić information content (AvgIpc) is 2.99. The van der Waals surface area contributed by atoms with E-state index in [2.05, 4.69) is 9.97 Å². The van der Waals surface area contributed by atoms with Crippen molar-refractivity contribution in [2.24, 2.45) is 0 Å². The number of pyridine rings is 1. The Morgan fingerprint density at radius 3 is 2.71 bits per heavy atom. The monoisotopic (exact) mass is 279 g/mol. The van der Waals surface area contributed by atoms with Gasteiger partial charge in [-0.05, 0) is 19.1 Å². The molecule has 5 nitrogen and oxygen atoms in total. The number of nitrogens with zero attached hydrogens (tertiary/aromatic N) is 3. The highest BCUT2D eigenvalue weighted by atomic mass is 16.5. The lowest BCUT2D eigenvalue weighted by molar-refractivity contribution is 0.359. The minimum atomic E-state index is -0.0700. The van der Waals surface area contributed by atoms with Crippen LogP contribution in [0.2, 0.25) is 0 Å². The molecule has 0 unspecified atom stereocenters. The second kappa shape index (κ2) is 4.41. The van der Waals surface area contributed by atoms with E-state index in [-0.39, 0.29) is 5.56 Å². The summed E-state index contributed by atoms with van der Waals surface area (Å²) in [6.45, 7) is 2.54. The summed E-state index contributed by atoms with van der Waals surface area (Å²) in [5, 5.41) is 0. The first-order valence-electron chi connectivity index (χ1n) is 6.84. The Balaban J connectivity index is 2.14. The molecule has 4 rings (SSSR count). The lowest BCUT2D eigenvalue weighted by Gasteiger charge is -2.11. The van der Waals surface area contributed by atoms with Crippen molar-refractivity contribution in [1.82, 2.24) is 14.5 Å². The van der Waals surface area contributed by atoms with E-state index in [1.807, 2.05) is 31.2 Å². The van der Waals surface area contributed by atoms with Gasteiger partial charge >= 0.3 is 0 Å². The zero-order chi connectivity index (χ0) is 14.4. The number of rotatable bonds is 1. The minimum absolute atomic E-state index is 0.0700. The third-order valence-electron chi connectivity index (χ3n) is 3.73. The van der Waals surface area contributed by atoms with Gasteiger partial charge in [-0.3, -0.25) is 9.36 Å². The Hall–Kier alpha value is -2.69. The molecule has 0 amide bonds. The van der Waals surface area contributed by atoms with Gasteiger partial charge in [0, 0.05) is 18.8 Å². The van der Waals surface area contributed by atoms with Crippen LogP contribution in [-0.4, -0.2) is 21.1 Å². The van der Waals surface area contributed by atoms with Crippen LogP contribution in [0.3, 0.4) is 0 Å². The number of benzene rings is 1. The van der Waals surface area contributed by atoms with Crippen LogP contribution in [0.25, 0.3) is 16.9 Å². The summed E-state index contributed by atoms with van der Waals surface area (Å²) in [7, 11) is 0. The highest BCUT2D eigenvalue weighted by Gasteiger charge is 2.24. The van der Waals surface area contributed by atoms with E-state index in [0.717, 1.165) is 11.3 Å². The first kappa shape index (κ1) is 12.1. The van der Waals surface area contributed by atoms with Crippen molar-refractivity contribution in [1.29, 1.82) is 0 Å². The molecule has 0 aliphatic carbocycles. The number of aromatic nitrogens is 3. The van der Waals surface area contributed by atoms with Crippen LogP contribution in [0.15, 0.2) is 41.5 Å². The van der Waals surface area contributed by atoms with E-state index in [9.17, 15) is 4.79 Å². The van der Waals surface area contributed by atoms with E-state index < -0.39 is 0 Å². The van der Waals surface area contributed by atoms with Crippen LogP contribution in [0, 0.1) is 6.92 Å². The molecule has 21 heavy (non-hydrogen) atoms. The van der Waals surface area contributed by atoms with Crippen molar-refractivity contribution in [3.05, 3.63) is 58.1 Å². The first-order valence-corrected chi connectivity index (χ1v) is 6.84. The van der Waals surface area contributed by atoms with Gasteiger partial charge in [0.15, 0.2) is 11.4 Å². The molecule has 2 aromatic heterocycles. The highest BCUT2D eigenvalue weighted by Crippen LogP contribution is 2.30. The summed E-state index contributed by atoms with van der Waals surface area (Å²) in [6.07, 6.45) is 3.83. The maximum atomic E-state index is 12.8. The standard InChI is InChI=1S/C16H13N3O2/c1-10-2-4-11(5-3-10)19-15-13(17-7-8-18-15)14-12(16(19)20)6-9-21-14/h2-5,7-8H,6,9H2,1H3. The van der Waals surface area contributed by atoms with Crippen molar-refractivity contribution < 1.29 is 4.74 Å². The van der Waals surface area contributed by atoms with Gasteiger partial charge in [-0.25, -0.2) is 9.97 Å². The van der Waals surface area contributed by atoms with Crippen molar-refractivity contribution >= 4 is 11.2 Å². The maximum absolute atomic E-state index is 12.8. The molecule has 0 radical (unpaired) electrons. The molecule has 3 heterocycles. The SMILES string of the molecule is Cc1ccc(-n2c(=O)c3c(c4nccnc42)OCC3)cc1. The molecule has 0 spiro atoms. The van der Waals surface area contributed by atoms with E-state index in [1.165, 1.54) is 0 Å². The maximum Gasteiger partial charge on any atom is 0.263 e. The summed E-state index contributed by atoms with van der Waals surface area (Å²) in [5.74, 6) is 0.589. The van der Waals surface area contributed by atoms with Crippen molar-refractivity contribution in [2.45, 2.75) is 13.3 Å². The average molecular weight is 279 g/mol. The van der Waals surface area contributed by atoms with Crippen LogP contribution in [0.1, 0.15) is 11.1 Å². The Morgan fingerprint density at radius 1 is 1.14 bits per heavy atom. The van der Waals surface area contributed by atoms with Gasteiger partial charge in [0.05, 0.1) is 17.9 Å². The predicted molar refractivity (Wildman–Crippen MR) is 79.1 cm³/mol. The van der Waals surface area contributed by atoms with E-state index >= 15 is 0 Å². The highest BCUT2D eigenvalue weighted by molar-refractivity contribution is 5.81. The largest absolute Gasteiger partial charge is 0.490 e. The van der Waals surface area contributed by atoms with Crippen molar-refractivity contribution in [3.63, 3.8) is 0 Å². The van der Waals surface area contributed by atoms with Gasteiger partial charge in [0.1, 0.15) is 5.52 Å². The number of hydrogen-bond acceptors (Lipinski definition) is 4. The molecular formula is C16H13N3O2. The summed E-state index contributed by atoms with van der Waals surface area (Å²) in [5.41, 5.74) is 3.73. The zero-order valence-electron chi connectivity index (χ0n) is 11.5. The molecule has 0 fully saturated rings. The molecule has 0 saturated heterocycles. The van der Waals surface area contributed by atoms with Gasteiger partial charge in [0.2, 0.25) is 0 Å². The zero-order valence-corrected chi connectivity index (χ0v) is 11.5. The minimum Gasteiger partial charge on any atom is -0.490 e. The van der Waals surface area contributed by atoms with E-state index in [4.69, 9.17) is 4.74 Å². The summed E-state index contributed by atoms with van der Waals surface area (Å²) >= 11 is 0. The molecule has 0 bridgehead atoms. The number of hydrogen-bond donors (Lipinski definition) is 0. The number of ether oxygens (including phenoxy) is 1. The smallest absolute Gasteiger partial charge is 0.263 e. The van der Waals surface area contributed by atoms with Crippen LogP contribution in [0.4, 0.5) is 0 Å². The van der Waals surface area contributed by atoms with Crippen LogP contribution >= 0.6 is 0 Å². The second-order valence-corrected chi connectivity index (χ2v) is 5.11. The van der Waals surface area contributed by atoms with Gasteiger partial charge in [0.25, 0.3) is 5.56 Å². The third kappa shape index (κ3) is 1.74. The topological polar surface area (TPSA) is 57.0 Å². The lowest BCUT2D eigenvalue weighted by atomic mass is 10.1. The second-order valence-electron chi connectivity index (χ2n) is 5.11. The molecule has 1 aromatic carbocycles. The van der Waals surface area contributed by atoms with Gasteiger partial charge in [-0.15, -0.1) is 0 Å². The number of fused-ring (bicyclic) bond motifs is 3. The molecule has 5 heteroatoms.